The van der Waals surface area contributed by atoms with E-state index in [4.69, 9.17) is 11.6 Å². The monoisotopic (exact) mass is 374 g/mol. The van der Waals surface area contributed by atoms with Crippen LogP contribution in [0.15, 0.2) is 28.6 Å². The quantitative estimate of drug-likeness (QED) is 0.858. The summed E-state index contributed by atoms with van der Waals surface area (Å²) in [5.74, 6) is -0.686. The lowest BCUT2D eigenvalue weighted by atomic mass is 10.2. The molecule has 2 rings (SSSR count). The van der Waals surface area contributed by atoms with E-state index in [1.165, 1.54) is 24.4 Å². The summed E-state index contributed by atoms with van der Waals surface area (Å²) in [6, 6.07) is 3.94. The van der Waals surface area contributed by atoms with Crippen LogP contribution in [0.5, 0.6) is 5.75 Å². The Morgan fingerprint density at radius 3 is 2.52 bits per heavy atom. The van der Waals surface area contributed by atoms with Gasteiger partial charge in [-0.25, -0.2) is 13.4 Å². The van der Waals surface area contributed by atoms with Crippen LogP contribution >= 0.6 is 22.9 Å². The van der Waals surface area contributed by atoms with E-state index in [9.17, 15) is 18.3 Å². The van der Waals surface area contributed by atoms with Crippen LogP contribution in [0.2, 0.25) is 5.02 Å². The molecule has 2 aromatic rings. The molecule has 9 heteroatoms. The predicted molar refractivity (Wildman–Crippen MR) is 90.1 cm³/mol. The molecule has 23 heavy (non-hydrogen) atoms. The van der Waals surface area contributed by atoms with Gasteiger partial charge in [0.05, 0.1) is 10.9 Å². The second-order valence-corrected chi connectivity index (χ2v) is 10.1. The molecule has 0 aliphatic carbocycles. The lowest BCUT2D eigenvalue weighted by Crippen LogP contribution is -2.27. The van der Waals surface area contributed by atoms with Gasteiger partial charge in [0, 0.05) is 10.6 Å². The number of phenolic OH excluding ortho intramolecular Hbond substituents is 1. The predicted octanol–water partition coefficient (Wildman–Crippen LogP) is 3.33. The van der Waals surface area contributed by atoms with Crippen LogP contribution in [-0.2, 0) is 9.84 Å². The molecule has 0 saturated carbocycles. The number of hydrogen-bond donors (Lipinski definition) is 2. The van der Waals surface area contributed by atoms with Crippen molar-refractivity contribution in [2.45, 2.75) is 29.7 Å². The van der Waals surface area contributed by atoms with Crippen molar-refractivity contribution in [3.8, 4) is 5.75 Å². The normalized spacial score (nSPS) is 12.2. The average Bonchev–Trinajstić information content (AvgIpc) is 2.85. The zero-order valence-electron chi connectivity index (χ0n) is 12.6. The first-order valence-electron chi connectivity index (χ1n) is 6.52. The highest BCUT2D eigenvalue weighted by atomic mass is 35.5. The minimum Gasteiger partial charge on any atom is -0.508 e. The SMILES string of the molecule is CC(C)(C)S(=O)(=O)c1cnc(NC(=O)c2cc(O)cc(Cl)c2)s1. The first kappa shape index (κ1) is 17.7. The molecule has 0 bridgehead atoms. The number of carbonyl (C=O) groups is 1. The van der Waals surface area contributed by atoms with E-state index in [-0.39, 0.29) is 25.7 Å². The molecule has 0 atom stereocenters. The molecule has 1 aromatic carbocycles. The maximum Gasteiger partial charge on any atom is 0.257 e. The van der Waals surface area contributed by atoms with Crippen LogP contribution in [-0.4, -0.2) is 29.2 Å². The van der Waals surface area contributed by atoms with E-state index < -0.39 is 20.5 Å². The number of rotatable bonds is 3. The van der Waals surface area contributed by atoms with Crippen LogP contribution in [0.3, 0.4) is 0 Å². The Morgan fingerprint density at radius 2 is 1.96 bits per heavy atom. The fourth-order valence-corrected chi connectivity index (χ4v) is 4.61. The van der Waals surface area contributed by atoms with E-state index in [1.54, 1.807) is 20.8 Å². The molecule has 6 nitrogen and oxygen atoms in total. The molecule has 1 amide bonds. The number of aromatic nitrogens is 1. The fourth-order valence-electron chi connectivity index (χ4n) is 1.62. The van der Waals surface area contributed by atoms with Crippen molar-refractivity contribution in [1.82, 2.24) is 4.98 Å². The zero-order chi connectivity index (χ0) is 17.4. The number of anilines is 1. The molecule has 0 fully saturated rings. The number of nitrogens with zero attached hydrogens (tertiary/aromatic N) is 1. The highest BCUT2D eigenvalue weighted by molar-refractivity contribution is 7.94. The van der Waals surface area contributed by atoms with Crippen molar-refractivity contribution in [2.75, 3.05) is 5.32 Å². The van der Waals surface area contributed by atoms with Gasteiger partial charge in [0.1, 0.15) is 9.96 Å². The molecule has 1 heterocycles. The standard InChI is InChI=1S/C14H15ClN2O4S2/c1-14(2,3)23(20,21)11-7-16-13(22-11)17-12(19)8-4-9(15)6-10(18)5-8/h4-7,18H,1-3H3,(H,16,17,19). The maximum absolute atomic E-state index is 12.3. The van der Waals surface area contributed by atoms with Gasteiger partial charge in [0.25, 0.3) is 5.91 Å². The summed E-state index contributed by atoms with van der Waals surface area (Å²) in [6.45, 7) is 4.78. The molecule has 0 spiro atoms. The number of benzene rings is 1. The number of carbonyl (C=O) groups excluding carboxylic acids is 1. The summed E-state index contributed by atoms with van der Waals surface area (Å²) in [4.78, 5) is 16.0. The van der Waals surface area contributed by atoms with Gasteiger partial charge in [-0.2, -0.15) is 0 Å². The Morgan fingerprint density at radius 1 is 1.30 bits per heavy atom. The van der Waals surface area contributed by atoms with E-state index in [1.807, 2.05) is 0 Å². The first-order chi connectivity index (χ1) is 10.5. The molecule has 0 aliphatic heterocycles. The number of thiazole rings is 1. The third-order valence-corrected chi connectivity index (χ3v) is 7.00. The van der Waals surface area contributed by atoms with Crippen LogP contribution in [0.25, 0.3) is 0 Å². The largest absolute Gasteiger partial charge is 0.508 e. The summed E-state index contributed by atoms with van der Waals surface area (Å²) in [5, 5.41) is 12.3. The topological polar surface area (TPSA) is 96.4 Å². The number of hydrogen-bond acceptors (Lipinski definition) is 6. The number of nitrogens with one attached hydrogen (secondary N) is 1. The number of aromatic hydroxyl groups is 1. The molecular formula is C14H15ClN2O4S2. The minimum atomic E-state index is -3.53. The second-order valence-electron chi connectivity index (χ2n) is 5.75. The fraction of sp³-hybridized carbons (Fsp3) is 0.286. The smallest absolute Gasteiger partial charge is 0.257 e. The molecule has 0 aliphatic rings. The Labute approximate surface area is 143 Å². The van der Waals surface area contributed by atoms with Crippen molar-refractivity contribution < 1.29 is 18.3 Å². The lowest BCUT2D eigenvalue weighted by molar-refractivity contribution is 0.102. The van der Waals surface area contributed by atoms with Gasteiger partial charge in [-0.15, -0.1) is 0 Å². The highest BCUT2D eigenvalue weighted by Gasteiger charge is 2.32. The van der Waals surface area contributed by atoms with Gasteiger partial charge in [-0.3, -0.25) is 10.1 Å². The summed E-state index contributed by atoms with van der Waals surface area (Å²) in [7, 11) is -3.53. The van der Waals surface area contributed by atoms with Gasteiger partial charge >= 0.3 is 0 Å². The number of halogens is 1. The van der Waals surface area contributed by atoms with Gasteiger partial charge in [-0.05, 0) is 39.0 Å². The molecule has 124 valence electrons. The number of phenols is 1. The van der Waals surface area contributed by atoms with E-state index >= 15 is 0 Å². The average molecular weight is 375 g/mol. The van der Waals surface area contributed by atoms with Gasteiger partial charge in [0.2, 0.25) is 0 Å². The van der Waals surface area contributed by atoms with E-state index in [0.29, 0.717) is 0 Å². The summed E-state index contributed by atoms with van der Waals surface area (Å²) < 4.78 is 23.8. The van der Waals surface area contributed by atoms with Crippen molar-refractivity contribution in [3.63, 3.8) is 0 Å². The van der Waals surface area contributed by atoms with Gasteiger partial charge in [0.15, 0.2) is 15.0 Å². The molecule has 1 aromatic heterocycles. The highest BCUT2D eigenvalue weighted by Crippen LogP contribution is 2.31. The van der Waals surface area contributed by atoms with Crippen molar-refractivity contribution in [1.29, 1.82) is 0 Å². The number of amides is 1. The minimum absolute atomic E-state index is 0.0780. The third kappa shape index (κ3) is 3.82. The van der Waals surface area contributed by atoms with Crippen molar-refractivity contribution in [2.24, 2.45) is 0 Å². The lowest BCUT2D eigenvalue weighted by Gasteiger charge is -2.16. The van der Waals surface area contributed by atoms with Crippen LogP contribution in [0, 0.1) is 0 Å². The Balaban J connectivity index is 2.24. The Bertz CT molecular complexity index is 834. The van der Waals surface area contributed by atoms with Gasteiger partial charge in [-0.1, -0.05) is 22.9 Å². The summed E-state index contributed by atoms with van der Waals surface area (Å²) in [6.07, 6.45) is 1.22. The van der Waals surface area contributed by atoms with Crippen LogP contribution in [0.1, 0.15) is 31.1 Å². The third-order valence-electron chi connectivity index (χ3n) is 2.92. The summed E-state index contributed by atoms with van der Waals surface area (Å²) >= 11 is 6.65. The second kappa shape index (κ2) is 6.10. The summed E-state index contributed by atoms with van der Waals surface area (Å²) in [5.41, 5.74) is 0.144. The molecule has 0 unspecified atom stereocenters. The maximum atomic E-state index is 12.3. The van der Waals surface area contributed by atoms with Gasteiger partial charge < -0.3 is 5.11 Å². The van der Waals surface area contributed by atoms with Crippen LogP contribution in [0.4, 0.5) is 5.13 Å². The molecule has 2 N–H and O–H groups in total. The van der Waals surface area contributed by atoms with Crippen molar-refractivity contribution >= 4 is 43.8 Å². The van der Waals surface area contributed by atoms with Crippen molar-refractivity contribution in [3.05, 3.63) is 35.0 Å². The van der Waals surface area contributed by atoms with Crippen LogP contribution < -0.4 is 5.32 Å². The Kier molecular flexibility index (Phi) is 4.70. The first-order valence-corrected chi connectivity index (χ1v) is 9.20. The molecule has 0 saturated heterocycles. The van der Waals surface area contributed by atoms with E-state index in [2.05, 4.69) is 10.3 Å². The van der Waals surface area contributed by atoms with E-state index in [0.717, 1.165) is 11.3 Å². The molecular weight excluding hydrogens is 360 g/mol. The zero-order valence-corrected chi connectivity index (χ0v) is 15.0. The molecule has 0 radical (unpaired) electrons. The Hall–Kier alpha value is -1.64. The number of sulfone groups is 1.